The van der Waals surface area contributed by atoms with Gasteiger partial charge in [-0.05, 0) is 25.1 Å². The van der Waals surface area contributed by atoms with E-state index in [1.54, 1.807) is 23.7 Å². The van der Waals surface area contributed by atoms with Gasteiger partial charge < -0.3 is 5.32 Å². The molecule has 3 heterocycles. The highest BCUT2D eigenvalue weighted by Gasteiger charge is 2.08. The maximum atomic E-state index is 5.93. The molecule has 0 aromatic carbocycles. The summed E-state index contributed by atoms with van der Waals surface area (Å²) in [4.78, 5) is 9.86. The second-order valence-electron chi connectivity index (χ2n) is 4.30. The number of rotatable bonds is 4. The van der Waals surface area contributed by atoms with Gasteiger partial charge in [-0.25, -0.2) is 9.97 Å². The third-order valence-electron chi connectivity index (χ3n) is 2.92. The van der Waals surface area contributed by atoms with Crippen LogP contribution in [0.4, 0.5) is 5.69 Å². The number of thiophene rings is 1. The van der Waals surface area contributed by atoms with Gasteiger partial charge in [-0.15, -0.1) is 11.3 Å². The number of nitrogens with zero attached hydrogens (tertiary/aromatic N) is 3. The van der Waals surface area contributed by atoms with Crippen molar-refractivity contribution in [3.63, 3.8) is 0 Å². The van der Waals surface area contributed by atoms with E-state index in [0.29, 0.717) is 0 Å². The zero-order chi connectivity index (χ0) is 13.9. The average Bonchev–Trinajstić information content (AvgIpc) is 3.05. The fourth-order valence-corrected chi connectivity index (χ4v) is 2.97. The van der Waals surface area contributed by atoms with Crippen LogP contribution >= 0.6 is 22.9 Å². The van der Waals surface area contributed by atoms with Gasteiger partial charge in [-0.3, -0.25) is 4.57 Å². The van der Waals surface area contributed by atoms with E-state index in [9.17, 15) is 0 Å². The summed E-state index contributed by atoms with van der Waals surface area (Å²) in [5.74, 6) is 1.76. The summed E-state index contributed by atoms with van der Waals surface area (Å²) >= 11 is 7.57. The Morgan fingerprint density at radius 3 is 2.95 bits per heavy atom. The lowest BCUT2D eigenvalue weighted by atomic mass is 10.3. The summed E-state index contributed by atoms with van der Waals surface area (Å²) in [6.07, 6.45) is 5.46. The van der Waals surface area contributed by atoms with Crippen molar-refractivity contribution in [1.82, 2.24) is 14.5 Å². The van der Waals surface area contributed by atoms with Gasteiger partial charge in [0.2, 0.25) is 0 Å². The van der Waals surface area contributed by atoms with Gasteiger partial charge in [0.1, 0.15) is 5.82 Å². The van der Waals surface area contributed by atoms with Gasteiger partial charge in [0.25, 0.3) is 0 Å². The van der Waals surface area contributed by atoms with Crippen LogP contribution in [0.2, 0.25) is 5.02 Å². The van der Waals surface area contributed by atoms with Gasteiger partial charge in [0.05, 0.1) is 10.7 Å². The van der Waals surface area contributed by atoms with Crippen molar-refractivity contribution in [2.75, 3.05) is 5.32 Å². The number of hydrogen-bond donors (Lipinski definition) is 1. The molecular weight excluding hydrogens is 292 g/mol. The highest BCUT2D eigenvalue weighted by molar-refractivity contribution is 7.10. The molecule has 3 rings (SSSR count). The zero-order valence-electron chi connectivity index (χ0n) is 10.9. The molecule has 0 amide bonds. The van der Waals surface area contributed by atoms with Crippen molar-refractivity contribution in [2.24, 2.45) is 0 Å². The van der Waals surface area contributed by atoms with Gasteiger partial charge in [-0.1, -0.05) is 11.6 Å². The first-order valence-corrected chi connectivity index (χ1v) is 7.42. The highest BCUT2D eigenvalue weighted by Crippen LogP contribution is 2.23. The summed E-state index contributed by atoms with van der Waals surface area (Å²) in [5, 5.41) is 6.11. The number of hydrogen-bond acceptors (Lipinski definition) is 4. The number of pyridine rings is 1. The first-order chi connectivity index (χ1) is 9.74. The van der Waals surface area contributed by atoms with Gasteiger partial charge in [-0.2, -0.15) is 0 Å². The molecule has 3 aromatic rings. The quantitative estimate of drug-likeness (QED) is 0.795. The van der Waals surface area contributed by atoms with Crippen LogP contribution in [0, 0.1) is 6.92 Å². The minimum atomic E-state index is 0.726. The van der Waals surface area contributed by atoms with E-state index < -0.39 is 0 Å². The molecule has 20 heavy (non-hydrogen) atoms. The fourth-order valence-electron chi connectivity index (χ4n) is 1.96. The van der Waals surface area contributed by atoms with E-state index in [2.05, 4.69) is 15.3 Å². The Bertz CT molecular complexity index is 719. The third kappa shape index (κ3) is 2.69. The molecule has 0 saturated carbocycles. The topological polar surface area (TPSA) is 42.7 Å². The Labute approximate surface area is 126 Å². The molecule has 0 spiro atoms. The first kappa shape index (κ1) is 13.1. The van der Waals surface area contributed by atoms with Crippen molar-refractivity contribution < 1.29 is 0 Å². The zero-order valence-corrected chi connectivity index (χ0v) is 12.4. The molecule has 4 nitrogen and oxygen atoms in total. The normalized spacial score (nSPS) is 10.7. The van der Waals surface area contributed by atoms with Crippen LogP contribution in [0.1, 0.15) is 10.7 Å². The number of nitrogens with one attached hydrogen (secondary N) is 1. The summed E-state index contributed by atoms with van der Waals surface area (Å²) in [7, 11) is 0. The summed E-state index contributed by atoms with van der Waals surface area (Å²) in [6.45, 7) is 2.68. The summed E-state index contributed by atoms with van der Waals surface area (Å²) in [6, 6.07) is 5.90. The largest absolute Gasteiger partial charge is 0.377 e. The molecular formula is C14H13ClN4S. The van der Waals surface area contributed by atoms with Crippen LogP contribution in [0.5, 0.6) is 0 Å². The third-order valence-corrected chi connectivity index (χ3v) is 4.20. The number of aryl methyl sites for hydroxylation is 1. The Morgan fingerprint density at radius 1 is 1.35 bits per heavy atom. The van der Waals surface area contributed by atoms with Crippen LogP contribution in [-0.4, -0.2) is 14.5 Å². The molecule has 0 fully saturated rings. The van der Waals surface area contributed by atoms with E-state index >= 15 is 0 Å². The van der Waals surface area contributed by atoms with Gasteiger partial charge in [0.15, 0.2) is 5.82 Å². The van der Waals surface area contributed by atoms with Crippen LogP contribution in [0.25, 0.3) is 5.82 Å². The Kier molecular flexibility index (Phi) is 3.71. The van der Waals surface area contributed by atoms with Crippen molar-refractivity contribution in [1.29, 1.82) is 0 Å². The molecule has 0 aliphatic rings. The minimum absolute atomic E-state index is 0.726. The predicted molar refractivity (Wildman–Crippen MR) is 82.8 cm³/mol. The molecule has 0 aliphatic carbocycles. The van der Waals surface area contributed by atoms with E-state index in [0.717, 1.165) is 28.9 Å². The summed E-state index contributed by atoms with van der Waals surface area (Å²) in [5.41, 5.74) is 0.970. The molecule has 0 aliphatic heterocycles. The standard InChI is InChI=1S/C14H13ClN4S/c1-10-16-5-6-19(10)14-13(3-2-4-17-14)18-8-12-7-11(15)9-20-12/h2-7,9,18H,8H2,1H3. The van der Waals surface area contributed by atoms with E-state index in [4.69, 9.17) is 11.6 Å². The van der Waals surface area contributed by atoms with Crippen LogP contribution in [0.3, 0.4) is 0 Å². The van der Waals surface area contributed by atoms with Crippen LogP contribution in [0.15, 0.2) is 42.2 Å². The lowest BCUT2D eigenvalue weighted by Gasteiger charge is -2.11. The number of aromatic nitrogens is 3. The Balaban J connectivity index is 1.85. The van der Waals surface area contributed by atoms with Crippen molar-refractivity contribution in [2.45, 2.75) is 13.5 Å². The van der Waals surface area contributed by atoms with Crippen molar-refractivity contribution in [3.8, 4) is 5.82 Å². The SMILES string of the molecule is Cc1nccn1-c1ncccc1NCc1cc(Cl)cs1. The first-order valence-electron chi connectivity index (χ1n) is 6.16. The maximum absolute atomic E-state index is 5.93. The van der Waals surface area contributed by atoms with Crippen molar-refractivity contribution in [3.05, 3.63) is 57.9 Å². The lowest BCUT2D eigenvalue weighted by Crippen LogP contribution is -2.06. The molecule has 0 saturated heterocycles. The average molecular weight is 305 g/mol. The summed E-state index contributed by atoms with van der Waals surface area (Å²) < 4.78 is 1.96. The van der Waals surface area contributed by atoms with Crippen LogP contribution in [-0.2, 0) is 6.54 Å². The van der Waals surface area contributed by atoms with Gasteiger partial charge >= 0.3 is 0 Å². The van der Waals surface area contributed by atoms with E-state index in [1.165, 1.54) is 4.88 Å². The molecule has 0 atom stereocenters. The molecule has 3 aromatic heterocycles. The smallest absolute Gasteiger partial charge is 0.161 e. The Morgan fingerprint density at radius 2 is 2.25 bits per heavy atom. The second-order valence-corrected chi connectivity index (χ2v) is 5.74. The molecule has 0 unspecified atom stereocenters. The number of halogens is 1. The van der Waals surface area contributed by atoms with E-state index in [1.807, 2.05) is 41.3 Å². The predicted octanol–water partition coefficient (Wildman–Crippen LogP) is 3.90. The Hall–Kier alpha value is -1.85. The fraction of sp³-hybridized carbons (Fsp3) is 0.143. The number of anilines is 1. The lowest BCUT2D eigenvalue weighted by molar-refractivity contribution is 0.930. The molecule has 6 heteroatoms. The molecule has 0 radical (unpaired) electrons. The minimum Gasteiger partial charge on any atom is -0.377 e. The monoisotopic (exact) mass is 304 g/mol. The molecule has 102 valence electrons. The highest BCUT2D eigenvalue weighted by atomic mass is 35.5. The van der Waals surface area contributed by atoms with Crippen molar-refractivity contribution >= 4 is 28.6 Å². The van der Waals surface area contributed by atoms with Gasteiger partial charge in [0, 0.05) is 35.4 Å². The number of imidazole rings is 1. The molecule has 0 bridgehead atoms. The van der Waals surface area contributed by atoms with E-state index in [-0.39, 0.29) is 0 Å². The maximum Gasteiger partial charge on any atom is 0.161 e. The molecule has 1 N–H and O–H groups in total. The van der Waals surface area contributed by atoms with Crippen LogP contribution < -0.4 is 5.32 Å². The second kappa shape index (κ2) is 5.64.